The summed E-state index contributed by atoms with van der Waals surface area (Å²) in [6, 6.07) is 36.6. The molecule has 6 aromatic rings. The maximum absolute atomic E-state index is 4.81. The van der Waals surface area contributed by atoms with Gasteiger partial charge in [-0.2, -0.15) is 0 Å². The van der Waals surface area contributed by atoms with Gasteiger partial charge in [0, 0.05) is 24.2 Å². The van der Waals surface area contributed by atoms with Gasteiger partial charge in [0.1, 0.15) is 5.82 Å². The zero-order chi connectivity index (χ0) is 24.5. The fourth-order valence-electron chi connectivity index (χ4n) is 5.06. The van der Waals surface area contributed by atoms with Crippen LogP contribution in [0.15, 0.2) is 122 Å². The van der Waals surface area contributed by atoms with Gasteiger partial charge in [0.25, 0.3) is 0 Å². The molecule has 0 bridgehead atoms. The number of aromatic nitrogens is 3. The number of nitrogens with zero attached hydrogens (tertiary/aromatic N) is 3. The third-order valence-corrected chi connectivity index (χ3v) is 7.14. The van der Waals surface area contributed by atoms with E-state index in [4.69, 9.17) is 4.98 Å². The van der Waals surface area contributed by atoms with E-state index in [1.165, 1.54) is 33.3 Å². The first kappa shape index (κ1) is 22.1. The Morgan fingerprint density at radius 1 is 0.694 bits per heavy atom. The van der Waals surface area contributed by atoms with Crippen LogP contribution in [0, 0.1) is 0 Å². The summed E-state index contributed by atoms with van der Waals surface area (Å²) < 4.78 is 4.60. The van der Waals surface area contributed by atoms with E-state index < -0.39 is 0 Å². The minimum Gasteiger partial charge on any atom is -0.314 e. The maximum atomic E-state index is 4.81. The van der Waals surface area contributed by atoms with Crippen LogP contribution in [0.4, 0.5) is 0 Å². The lowest BCUT2D eigenvalue weighted by Gasteiger charge is -2.24. The normalized spacial score (nSPS) is 12.2. The highest BCUT2D eigenvalue weighted by atomic mass is 15.1. The van der Waals surface area contributed by atoms with E-state index in [0.29, 0.717) is 5.92 Å². The first-order valence-corrected chi connectivity index (χ1v) is 12.6. The standard InChI is InChI=1S/C33H29N3/c1-3-24(2)29-22-28(25-12-6-4-7-13-25)23-31(35-20-18-26-14-10-11-17-30(26)35)32(29)36-21-19-34-33(36)27-15-8-5-9-16-27/h4-24H,3H2,1-2H3. The molecule has 0 radical (unpaired) electrons. The smallest absolute Gasteiger partial charge is 0.144 e. The number of rotatable bonds is 6. The van der Waals surface area contributed by atoms with Crippen LogP contribution in [-0.4, -0.2) is 14.1 Å². The highest BCUT2D eigenvalue weighted by Gasteiger charge is 2.22. The van der Waals surface area contributed by atoms with Crippen LogP contribution >= 0.6 is 0 Å². The fourth-order valence-corrected chi connectivity index (χ4v) is 5.06. The molecule has 0 amide bonds. The summed E-state index contributed by atoms with van der Waals surface area (Å²) in [5, 5.41) is 1.23. The molecule has 1 unspecified atom stereocenters. The lowest BCUT2D eigenvalue weighted by molar-refractivity contribution is 0.725. The summed E-state index contributed by atoms with van der Waals surface area (Å²) in [7, 11) is 0. The highest BCUT2D eigenvalue weighted by Crippen LogP contribution is 2.38. The molecule has 0 spiro atoms. The van der Waals surface area contributed by atoms with Gasteiger partial charge >= 0.3 is 0 Å². The monoisotopic (exact) mass is 467 g/mol. The Bertz CT molecular complexity index is 1620. The van der Waals surface area contributed by atoms with E-state index in [0.717, 1.165) is 23.5 Å². The van der Waals surface area contributed by atoms with Crippen LogP contribution in [0.2, 0.25) is 0 Å². The van der Waals surface area contributed by atoms with E-state index in [-0.39, 0.29) is 0 Å². The van der Waals surface area contributed by atoms with Crippen LogP contribution in [0.1, 0.15) is 31.7 Å². The van der Waals surface area contributed by atoms with Crippen molar-refractivity contribution in [1.29, 1.82) is 0 Å². The Labute approximate surface area is 212 Å². The second-order valence-corrected chi connectivity index (χ2v) is 9.34. The van der Waals surface area contributed by atoms with Crippen molar-refractivity contribution < 1.29 is 0 Å². The van der Waals surface area contributed by atoms with Crippen molar-refractivity contribution in [2.45, 2.75) is 26.2 Å². The van der Waals surface area contributed by atoms with Crippen molar-refractivity contribution in [2.24, 2.45) is 0 Å². The van der Waals surface area contributed by atoms with Crippen molar-refractivity contribution in [3.05, 3.63) is 127 Å². The fraction of sp³-hybridized carbons (Fsp3) is 0.121. The molecule has 0 aliphatic heterocycles. The zero-order valence-corrected chi connectivity index (χ0v) is 20.7. The Hall–Kier alpha value is -4.37. The maximum Gasteiger partial charge on any atom is 0.144 e. The van der Waals surface area contributed by atoms with Crippen LogP contribution in [0.3, 0.4) is 0 Å². The van der Waals surface area contributed by atoms with Gasteiger partial charge in [-0.25, -0.2) is 4.98 Å². The Kier molecular flexibility index (Phi) is 5.74. The summed E-state index contributed by atoms with van der Waals surface area (Å²) in [4.78, 5) is 4.81. The molecule has 2 aromatic heterocycles. The molecule has 2 heterocycles. The molecular weight excluding hydrogens is 438 g/mol. The second-order valence-electron chi connectivity index (χ2n) is 9.34. The molecular formula is C33H29N3. The molecule has 36 heavy (non-hydrogen) atoms. The van der Waals surface area contributed by atoms with Gasteiger partial charge in [-0.05, 0) is 58.7 Å². The van der Waals surface area contributed by atoms with Gasteiger partial charge in [-0.1, -0.05) is 92.7 Å². The molecule has 6 rings (SSSR count). The van der Waals surface area contributed by atoms with Gasteiger partial charge in [-0.3, -0.25) is 4.57 Å². The van der Waals surface area contributed by atoms with Crippen molar-refractivity contribution >= 4 is 10.9 Å². The summed E-state index contributed by atoms with van der Waals surface area (Å²) in [6.07, 6.45) is 7.25. The van der Waals surface area contributed by atoms with Crippen LogP contribution < -0.4 is 0 Å². The molecule has 176 valence electrons. The Morgan fingerprint density at radius 2 is 1.39 bits per heavy atom. The van der Waals surface area contributed by atoms with Gasteiger partial charge in [0.05, 0.1) is 16.9 Å². The minimum atomic E-state index is 0.371. The Balaban J connectivity index is 1.71. The molecule has 3 nitrogen and oxygen atoms in total. The summed E-state index contributed by atoms with van der Waals surface area (Å²) in [5.74, 6) is 1.32. The molecule has 4 aromatic carbocycles. The van der Waals surface area contributed by atoms with Gasteiger partial charge < -0.3 is 4.57 Å². The molecule has 0 fully saturated rings. The topological polar surface area (TPSA) is 22.8 Å². The molecule has 0 saturated carbocycles. The van der Waals surface area contributed by atoms with E-state index in [1.54, 1.807) is 0 Å². The van der Waals surface area contributed by atoms with Gasteiger partial charge in [0.15, 0.2) is 0 Å². The number of hydrogen-bond donors (Lipinski definition) is 0. The second kappa shape index (κ2) is 9.35. The highest BCUT2D eigenvalue weighted by molar-refractivity contribution is 5.84. The number of fused-ring (bicyclic) bond motifs is 1. The largest absolute Gasteiger partial charge is 0.314 e. The predicted octanol–water partition coefficient (Wildman–Crippen LogP) is 8.66. The van der Waals surface area contributed by atoms with Crippen LogP contribution in [-0.2, 0) is 0 Å². The zero-order valence-electron chi connectivity index (χ0n) is 20.7. The van der Waals surface area contributed by atoms with Crippen molar-refractivity contribution in [1.82, 2.24) is 14.1 Å². The number of para-hydroxylation sites is 1. The van der Waals surface area contributed by atoms with Crippen molar-refractivity contribution in [3.63, 3.8) is 0 Å². The summed E-state index contributed by atoms with van der Waals surface area (Å²) >= 11 is 0. The third-order valence-electron chi connectivity index (χ3n) is 7.14. The first-order valence-electron chi connectivity index (χ1n) is 12.6. The minimum absolute atomic E-state index is 0.371. The number of hydrogen-bond acceptors (Lipinski definition) is 1. The molecule has 3 heteroatoms. The molecule has 0 saturated heterocycles. The summed E-state index contributed by atoms with van der Waals surface area (Å²) in [5.41, 5.74) is 8.41. The van der Waals surface area contributed by atoms with E-state index >= 15 is 0 Å². The molecule has 0 aliphatic carbocycles. The van der Waals surface area contributed by atoms with Crippen LogP contribution in [0.25, 0.3) is 44.8 Å². The molecule has 1 atom stereocenters. The quantitative estimate of drug-likeness (QED) is 0.240. The molecule has 0 N–H and O–H groups in total. The third kappa shape index (κ3) is 3.83. The van der Waals surface area contributed by atoms with Gasteiger partial charge in [0.2, 0.25) is 0 Å². The number of benzene rings is 4. The Morgan fingerprint density at radius 3 is 2.14 bits per heavy atom. The lowest BCUT2D eigenvalue weighted by atomic mass is 9.91. The molecule has 0 aliphatic rings. The number of imidazole rings is 1. The van der Waals surface area contributed by atoms with E-state index in [1.807, 2.05) is 12.3 Å². The van der Waals surface area contributed by atoms with E-state index in [9.17, 15) is 0 Å². The van der Waals surface area contributed by atoms with E-state index in [2.05, 4.69) is 132 Å². The predicted molar refractivity (Wildman–Crippen MR) is 150 cm³/mol. The van der Waals surface area contributed by atoms with Crippen molar-refractivity contribution in [2.75, 3.05) is 0 Å². The average Bonchev–Trinajstić information content (AvgIpc) is 3.60. The van der Waals surface area contributed by atoms with Gasteiger partial charge in [-0.15, -0.1) is 0 Å². The summed E-state index contributed by atoms with van der Waals surface area (Å²) in [6.45, 7) is 4.59. The first-order chi connectivity index (χ1) is 17.7. The lowest BCUT2D eigenvalue weighted by Crippen LogP contribution is -2.10. The average molecular weight is 468 g/mol. The van der Waals surface area contributed by atoms with Crippen LogP contribution in [0.5, 0.6) is 0 Å². The SMILES string of the molecule is CCC(C)c1cc(-c2ccccc2)cc(-n2ccc3ccccc32)c1-n1ccnc1-c1ccccc1. The van der Waals surface area contributed by atoms with Crippen molar-refractivity contribution in [3.8, 4) is 33.9 Å².